The van der Waals surface area contributed by atoms with Crippen LogP contribution in [0.3, 0.4) is 0 Å². The Morgan fingerprint density at radius 1 is 0.880 bits per heavy atom. The Bertz CT molecular complexity index is 327. The van der Waals surface area contributed by atoms with Gasteiger partial charge in [-0.05, 0) is 12.8 Å². The molecule has 1 atom stereocenters. The molecule has 0 aromatic heterocycles. The zero-order valence-corrected chi connectivity index (χ0v) is 18.4. The van der Waals surface area contributed by atoms with Gasteiger partial charge in [-0.1, -0.05) is 77.6 Å². The summed E-state index contributed by atoms with van der Waals surface area (Å²) in [4.78, 5) is 21.8. The van der Waals surface area contributed by atoms with Gasteiger partial charge >= 0.3 is 35.5 Å². The van der Waals surface area contributed by atoms with E-state index in [0.29, 0.717) is 6.61 Å². The van der Waals surface area contributed by atoms with E-state index in [-0.39, 0.29) is 48.4 Å². The van der Waals surface area contributed by atoms with Crippen LogP contribution in [0.25, 0.3) is 0 Å². The predicted octanol–water partition coefficient (Wildman–Crippen LogP) is 0.0921. The van der Waals surface area contributed by atoms with Gasteiger partial charge in [0.15, 0.2) is 0 Å². The van der Waals surface area contributed by atoms with Crippen molar-refractivity contribution in [2.24, 2.45) is 5.73 Å². The number of carboxylic acid groups (broad SMARTS) is 1. The molecule has 2 N–H and O–H groups in total. The van der Waals surface area contributed by atoms with E-state index in [1.165, 1.54) is 64.2 Å². The Morgan fingerprint density at radius 2 is 1.32 bits per heavy atom. The maximum Gasteiger partial charge on any atom is 1.00 e. The maximum absolute atomic E-state index is 11.4. The average molecular weight is 365 g/mol. The van der Waals surface area contributed by atoms with Crippen LogP contribution in [0.5, 0.6) is 0 Å². The summed E-state index contributed by atoms with van der Waals surface area (Å²) < 4.78 is 5.06. The van der Waals surface area contributed by atoms with Gasteiger partial charge in [0, 0.05) is 12.5 Å². The summed E-state index contributed by atoms with van der Waals surface area (Å²) in [5.41, 5.74) is 5.27. The van der Waals surface area contributed by atoms with Gasteiger partial charge in [0.05, 0.1) is 12.6 Å². The second-order valence-corrected chi connectivity index (χ2v) is 6.57. The number of nitrogens with two attached hydrogens (primary N) is 1. The maximum atomic E-state index is 11.4. The van der Waals surface area contributed by atoms with Crippen LogP contribution in [0.15, 0.2) is 0 Å². The second kappa shape index (κ2) is 20.2. The molecule has 0 aromatic carbocycles. The first-order valence-electron chi connectivity index (χ1n) is 9.70. The van der Waals surface area contributed by atoms with Crippen LogP contribution in [0, 0.1) is 0 Å². The first kappa shape index (κ1) is 27.1. The third-order valence-electron chi connectivity index (χ3n) is 4.22. The third kappa shape index (κ3) is 20.1. The first-order valence-corrected chi connectivity index (χ1v) is 9.70. The van der Waals surface area contributed by atoms with E-state index < -0.39 is 12.0 Å². The Labute approximate surface area is 175 Å². The summed E-state index contributed by atoms with van der Waals surface area (Å²) in [6, 6.07) is -1.09. The normalized spacial score (nSPS) is 11.6. The number of esters is 1. The molecule has 0 radical (unpaired) electrons. The van der Waals surface area contributed by atoms with Gasteiger partial charge in [-0.3, -0.25) is 4.79 Å². The van der Waals surface area contributed by atoms with E-state index in [1.54, 1.807) is 0 Å². The molecular weight excluding hydrogens is 329 g/mol. The van der Waals surface area contributed by atoms with Gasteiger partial charge in [-0.2, -0.15) is 0 Å². The predicted molar refractivity (Wildman–Crippen MR) is 94.3 cm³/mol. The van der Waals surface area contributed by atoms with E-state index in [2.05, 4.69) is 6.92 Å². The fraction of sp³-hybridized carbons (Fsp3) is 0.895. The molecule has 25 heavy (non-hydrogen) atoms. The van der Waals surface area contributed by atoms with Gasteiger partial charge in [0.1, 0.15) is 0 Å². The zero-order chi connectivity index (χ0) is 18.0. The van der Waals surface area contributed by atoms with Crippen molar-refractivity contribution in [2.75, 3.05) is 6.61 Å². The average Bonchev–Trinajstić information content (AvgIpc) is 2.56. The minimum Gasteiger partial charge on any atom is -0.548 e. The fourth-order valence-electron chi connectivity index (χ4n) is 2.59. The van der Waals surface area contributed by atoms with Crippen molar-refractivity contribution in [3.8, 4) is 0 Å². The van der Waals surface area contributed by atoms with Crippen LogP contribution < -0.4 is 40.4 Å². The van der Waals surface area contributed by atoms with Gasteiger partial charge in [0.25, 0.3) is 0 Å². The number of hydrogen-bond acceptors (Lipinski definition) is 5. The van der Waals surface area contributed by atoms with Crippen LogP contribution in [-0.4, -0.2) is 24.6 Å². The first-order chi connectivity index (χ1) is 11.6. The molecular formula is C19H36NNaO4. The van der Waals surface area contributed by atoms with Crippen molar-refractivity contribution < 1.29 is 49.0 Å². The molecule has 0 saturated heterocycles. The molecule has 0 heterocycles. The van der Waals surface area contributed by atoms with Crippen molar-refractivity contribution in [3.05, 3.63) is 0 Å². The molecule has 0 aliphatic heterocycles. The summed E-state index contributed by atoms with van der Waals surface area (Å²) >= 11 is 0. The molecule has 0 fully saturated rings. The number of hydrogen-bond donors (Lipinski definition) is 1. The van der Waals surface area contributed by atoms with E-state index in [4.69, 9.17) is 10.5 Å². The van der Waals surface area contributed by atoms with Gasteiger partial charge in [0.2, 0.25) is 0 Å². The molecule has 6 heteroatoms. The largest absolute Gasteiger partial charge is 1.00 e. The van der Waals surface area contributed by atoms with E-state index in [1.807, 2.05) is 0 Å². The standard InChI is InChI=1S/C19H37NO4.Na/c1-2-3-4-5-6-7-8-9-10-11-12-13-16-24-18(21)15-14-17(20)19(22)23;/h17H,2-16,20H2,1H3,(H,22,23);/q;+1/p-1/t17-;/m0./s1. The van der Waals surface area contributed by atoms with Crippen molar-refractivity contribution in [2.45, 2.75) is 103 Å². The minimum absolute atomic E-state index is 0. The summed E-state index contributed by atoms with van der Waals surface area (Å²) in [5, 5.41) is 10.4. The Hall–Kier alpha value is -0.100. The van der Waals surface area contributed by atoms with Crippen LogP contribution >= 0.6 is 0 Å². The molecule has 0 bridgehead atoms. The van der Waals surface area contributed by atoms with Crippen molar-refractivity contribution >= 4 is 11.9 Å². The Kier molecular flexibility index (Phi) is 21.9. The second-order valence-electron chi connectivity index (χ2n) is 6.57. The molecule has 0 saturated carbocycles. The molecule has 0 aliphatic carbocycles. The smallest absolute Gasteiger partial charge is 0.548 e. The van der Waals surface area contributed by atoms with Crippen LogP contribution in [-0.2, 0) is 14.3 Å². The summed E-state index contributed by atoms with van der Waals surface area (Å²) in [6.07, 6.45) is 15.3. The Morgan fingerprint density at radius 3 is 1.76 bits per heavy atom. The molecule has 0 rings (SSSR count). The number of unbranched alkanes of at least 4 members (excludes halogenated alkanes) is 11. The van der Waals surface area contributed by atoms with E-state index in [0.717, 1.165) is 12.8 Å². The SMILES string of the molecule is CCCCCCCCCCCCCCOC(=O)CC[C@H](N)C(=O)[O-].[Na+]. The molecule has 0 unspecified atom stereocenters. The van der Waals surface area contributed by atoms with Gasteiger partial charge < -0.3 is 20.4 Å². The van der Waals surface area contributed by atoms with Crippen molar-refractivity contribution in [1.29, 1.82) is 0 Å². The molecule has 0 spiro atoms. The van der Waals surface area contributed by atoms with Crippen LogP contribution in [0.1, 0.15) is 96.8 Å². The molecule has 142 valence electrons. The topological polar surface area (TPSA) is 92.5 Å². The summed E-state index contributed by atoms with van der Waals surface area (Å²) in [6.45, 7) is 2.66. The van der Waals surface area contributed by atoms with Gasteiger partial charge in [-0.25, -0.2) is 0 Å². The van der Waals surface area contributed by atoms with Crippen LogP contribution in [0.4, 0.5) is 0 Å². The van der Waals surface area contributed by atoms with E-state index >= 15 is 0 Å². The van der Waals surface area contributed by atoms with Crippen LogP contribution in [0.2, 0.25) is 0 Å². The fourth-order valence-corrected chi connectivity index (χ4v) is 2.59. The monoisotopic (exact) mass is 365 g/mol. The molecule has 0 amide bonds. The number of carbonyl (C=O) groups excluding carboxylic acids is 2. The Balaban J connectivity index is 0. The quantitative estimate of drug-likeness (QED) is 0.224. The number of ether oxygens (including phenoxy) is 1. The number of aliphatic carboxylic acids is 1. The third-order valence-corrected chi connectivity index (χ3v) is 4.22. The summed E-state index contributed by atoms with van der Waals surface area (Å²) in [5.74, 6) is -1.71. The van der Waals surface area contributed by atoms with Crippen molar-refractivity contribution in [1.82, 2.24) is 0 Å². The van der Waals surface area contributed by atoms with E-state index in [9.17, 15) is 14.7 Å². The molecule has 0 aliphatic rings. The molecule has 5 nitrogen and oxygen atoms in total. The summed E-state index contributed by atoms with van der Waals surface area (Å²) in [7, 11) is 0. The number of carbonyl (C=O) groups is 2. The minimum atomic E-state index is -1.33. The zero-order valence-electron chi connectivity index (χ0n) is 16.4. The number of rotatable bonds is 17. The van der Waals surface area contributed by atoms with Gasteiger partial charge in [-0.15, -0.1) is 0 Å². The number of carboxylic acids is 1. The molecule has 0 aromatic rings. The van der Waals surface area contributed by atoms with Crippen molar-refractivity contribution in [3.63, 3.8) is 0 Å².